The lowest BCUT2D eigenvalue weighted by Gasteiger charge is -2.10. The normalized spacial score (nSPS) is 10.6. The van der Waals surface area contributed by atoms with Crippen molar-refractivity contribution in [3.8, 4) is 5.82 Å². The van der Waals surface area contributed by atoms with E-state index in [2.05, 4.69) is 20.4 Å². The van der Waals surface area contributed by atoms with Gasteiger partial charge in [-0.15, -0.1) is 0 Å². The van der Waals surface area contributed by atoms with Gasteiger partial charge in [0.1, 0.15) is 5.82 Å². The number of aryl methyl sites for hydroxylation is 1. The highest BCUT2D eigenvalue weighted by Crippen LogP contribution is 2.16. The molecule has 3 rings (SSSR count). The molecular weight excluding hydrogens is 240 g/mol. The smallest absolute Gasteiger partial charge is 0.176 e. The molecule has 3 aromatic heterocycles. The van der Waals surface area contributed by atoms with E-state index in [4.69, 9.17) is 0 Å². The van der Waals surface area contributed by atoms with Gasteiger partial charge in [0.15, 0.2) is 5.82 Å². The second kappa shape index (κ2) is 4.93. The Morgan fingerprint density at radius 1 is 1.11 bits per heavy atom. The Morgan fingerprint density at radius 3 is 2.79 bits per heavy atom. The van der Waals surface area contributed by atoms with Crippen molar-refractivity contribution in [3.05, 3.63) is 55.0 Å². The molecule has 0 bridgehead atoms. The summed E-state index contributed by atoms with van der Waals surface area (Å²) in [6.07, 6.45) is 9.07. The summed E-state index contributed by atoms with van der Waals surface area (Å²) in [6.45, 7) is 0.642. The zero-order chi connectivity index (χ0) is 13.1. The Hall–Kier alpha value is -2.63. The lowest BCUT2D eigenvalue weighted by Crippen LogP contribution is -2.09. The van der Waals surface area contributed by atoms with Crippen LogP contribution >= 0.6 is 0 Å². The van der Waals surface area contributed by atoms with Crippen LogP contribution in [0.5, 0.6) is 0 Å². The number of nitrogens with one attached hydrogen (secondary N) is 1. The number of anilines is 1. The SMILES string of the molecule is Cn1ccnc1CNc1cccnc1-n1cccn1. The van der Waals surface area contributed by atoms with E-state index in [9.17, 15) is 0 Å². The molecule has 0 unspecified atom stereocenters. The lowest BCUT2D eigenvalue weighted by atomic mass is 10.3. The van der Waals surface area contributed by atoms with Gasteiger partial charge >= 0.3 is 0 Å². The predicted molar refractivity (Wildman–Crippen MR) is 71.9 cm³/mol. The molecule has 0 aliphatic heterocycles. The van der Waals surface area contributed by atoms with Crippen LogP contribution in [0, 0.1) is 0 Å². The molecule has 1 N–H and O–H groups in total. The van der Waals surface area contributed by atoms with Crippen LogP contribution in [0.1, 0.15) is 5.82 Å². The molecule has 0 fully saturated rings. The molecular formula is C13H14N6. The lowest BCUT2D eigenvalue weighted by molar-refractivity contribution is 0.806. The van der Waals surface area contributed by atoms with Gasteiger partial charge in [0.2, 0.25) is 0 Å². The zero-order valence-electron chi connectivity index (χ0n) is 10.6. The highest BCUT2D eigenvalue weighted by Gasteiger charge is 2.06. The van der Waals surface area contributed by atoms with Crippen LogP contribution in [0.2, 0.25) is 0 Å². The summed E-state index contributed by atoms with van der Waals surface area (Å²) < 4.78 is 3.72. The van der Waals surface area contributed by atoms with Crippen molar-refractivity contribution >= 4 is 5.69 Å². The maximum Gasteiger partial charge on any atom is 0.176 e. The number of hydrogen-bond donors (Lipinski definition) is 1. The molecule has 0 aromatic carbocycles. The summed E-state index contributed by atoms with van der Waals surface area (Å²) in [4.78, 5) is 8.64. The Balaban J connectivity index is 1.84. The number of nitrogens with zero attached hydrogens (tertiary/aromatic N) is 5. The summed E-state index contributed by atoms with van der Waals surface area (Å²) >= 11 is 0. The second-order valence-electron chi connectivity index (χ2n) is 4.13. The van der Waals surface area contributed by atoms with Gasteiger partial charge in [-0.25, -0.2) is 14.6 Å². The van der Waals surface area contributed by atoms with Crippen molar-refractivity contribution in [2.75, 3.05) is 5.32 Å². The fourth-order valence-corrected chi connectivity index (χ4v) is 1.85. The van der Waals surface area contributed by atoms with Crippen molar-refractivity contribution in [2.45, 2.75) is 6.54 Å². The molecule has 6 nitrogen and oxygen atoms in total. The number of imidazole rings is 1. The van der Waals surface area contributed by atoms with Crippen LogP contribution in [-0.2, 0) is 13.6 Å². The van der Waals surface area contributed by atoms with E-state index < -0.39 is 0 Å². The van der Waals surface area contributed by atoms with Crippen molar-refractivity contribution in [1.29, 1.82) is 0 Å². The first kappa shape index (κ1) is 11.5. The van der Waals surface area contributed by atoms with Crippen molar-refractivity contribution < 1.29 is 0 Å². The van der Waals surface area contributed by atoms with Gasteiger partial charge in [-0.1, -0.05) is 0 Å². The standard InChI is InChI=1S/C13H14N6/c1-18-9-7-14-12(18)10-16-11-4-2-5-15-13(11)19-8-3-6-17-19/h2-9,16H,10H2,1H3. The fraction of sp³-hybridized carbons (Fsp3) is 0.154. The first-order valence-corrected chi connectivity index (χ1v) is 6.00. The highest BCUT2D eigenvalue weighted by molar-refractivity contribution is 5.56. The highest BCUT2D eigenvalue weighted by atomic mass is 15.3. The molecule has 3 aromatic rings. The zero-order valence-corrected chi connectivity index (χ0v) is 10.6. The molecule has 19 heavy (non-hydrogen) atoms. The average Bonchev–Trinajstić information content (AvgIpc) is 3.08. The van der Waals surface area contributed by atoms with Crippen LogP contribution in [0.4, 0.5) is 5.69 Å². The predicted octanol–water partition coefficient (Wildman–Crippen LogP) is 1.61. The van der Waals surface area contributed by atoms with Crippen molar-refractivity contribution in [1.82, 2.24) is 24.3 Å². The summed E-state index contributed by atoms with van der Waals surface area (Å²) in [6, 6.07) is 5.75. The quantitative estimate of drug-likeness (QED) is 0.768. The monoisotopic (exact) mass is 254 g/mol. The van der Waals surface area contributed by atoms with E-state index in [0.717, 1.165) is 17.3 Å². The summed E-state index contributed by atoms with van der Waals surface area (Å²) in [7, 11) is 1.97. The van der Waals surface area contributed by atoms with Gasteiger partial charge in [0.25, 0.3) is 0 Å². The maximum atomic E-state index is 4.35. The van der Waals surface area contributed by atoms with Gasteiger partial charge in [-0.05, 0) is 18.2 Å². The minimum absolute atomic E-state index is 0.642. The first-order chi connectivity index (χ1) is 9.34. The Bertz CT molecular complexity index is 655. The van der Waals surface area contributed by atoms with Crippen molar-refractivity contribution in [3.63, 3.8) is 0 Å². The van der Waals surface area contributed by atoms with E-state index in [1.54, 1.807) is 23.3 Å². The van der Waals surface area contributed by atoms with Crippen LogP contribution in [-0.4, -0.2) is 24.3 Å². The summed E-state index contributed by atoms with van der Waals surface area (Å²) in [5, 5.41) is 7.54. The van der Waals surface area contributed by atoms with Gasteiger partial charge in [-0.3, -0.25) is 0 Å². The molecule has 3 heterocycles. The Kier molecular flexibility index (Phi) is 2.97. The minimum Gasteiger partial charge on any atom is -0.375 e. The molecule has 0 radical (unpaired) electrons. The van der Waals surface area contributed by atoms with Gasteiger partial charge in [0, 0.05) is 38.0 Å². The summed E-state index contributed by atoms with van der Waals surface area (Å²) in [5.74, 6) is 1.75. The van der Waals surface area contributed by atoms with Crippen LogP contribution in [0.25, 0.3) is 5.82 Å². The minimum atomic E-state index is 0.642. The number of rotatable bonds is 4. The molecule has 0 aliphatic carbocycles. The second-order valence-corrected chi connectivity index (χ2v) is 4.13. The Morgan fingerprint density at radius 2 is 2.05 bits per heavy atom. The molecule has 0 aliphatic rings. The number of pyridine rings is 1. The first-order valence-electron chi connectivity index (χ1n) is 6.00. The number of aromatic nitrogens is 5. The molecule has 0 saturated heterocycles. The Labute approximate surface area is 110 Å². The van der Waals surface area contributed by atoms with E-state index in [1.165, 1.54) is 0 Å². The fourth-order valence-electron chi connectivity index (χ4n) is 1.85. The average molecular weight is 254 g/mol. The summed E-state index contributed by atoms with van der Waals surface area (Å²) in [5.41, 5.74) is 0.925. The largest absolute Gasteiger partial charge is 0.375 e. The molecule has 96 valence electrons. The van der Waals surface area contributed by atoms with E-state index in [-0.39, 0.29) is 0 Å². The van der Waals surface area contributed by atoms with E-state index in [0.29, 0.717) is 6.54 Å². The molecule has 0 amide bonds. The van der Waals surface area contributed by atoms with Crippen LogP contribution < -0.4 is 5.32 Å². The third kappa shape index (κ3) is 2.33. The topological polar surface area (TPSA) is 60.6 Å². The van der Waals surface area contributed by atoms with Gasteiger partial charge < -0.3 is 9.88 Å². The molecule has 0 saturated carbocycles. The van der Waals surface area contributed by atoms with E-state index in [1.807, 2.05) is 42.2 Å². The van der Waals surface area contributed by atoms with E-state index >= 15 is 0 Å². The van der Waals surface area contributed by atoms with Gasteiger partial charge in [-0.2, -0.15) is 5.10 Å². The number of hydrogen-bond acceptors (Lipinski definition) is 4. The van der Waals surface area contributed by atoms with Crippen LogP contribution in [0.3, 0.4) is 0 Å². The van der Waals surface area contributed by atoms with Gasteiger partial charge in [0.05, 0.1) is 12.2 Å². The third-order valence-electron chi connectivity index (χ3n) is 2.87. The third-order valence-corrected chi connectivity index (χ3v) is 2.87. The molecule has 6 heteroatoms. The van der Waals surface area contributed by atoms with Crippen LogP contribution in [0.15, 0.2) is 49.2 Å². The molecule has 0 atom stereocenters. The molecule has 0 spiro atoms. The maximum absolute atomic E-state index is 4.35. The van der Waals surface area contributed by atoms with Crippen molar-refractivity contribution in [2.24, 2.45) is 7.05 Å².